The van der Waals surface area contributed by atoms with Crippen molar-refractivity contribution in [1.29, 1.82) is 0 Å². The van der Waals surface area contributed by atoms with Crippen LogP contribution in [-0.2, 0) is 38.1 Å². The normalized spacial score (nSPS) is 12.6. The molecule has 2 N–H and O–H groups in total. The van der Waals surface area contributed by atoms with Crippen molar-refractivity contribution >= 4 is 23.9 Å². The fourth-order valence-electron chi connectivity index (χ4n) is 1.90. The summed E-state index contributed by atoms with van der Waals surface area (Å²) in [5, 5.41) is 5.76. The number of hydrogen-bond acceptors (Lipinski definition) is 10. The van der Waals surface area contributed by atoms with Crippen LogP contribution in [-0.4, -0.2) is 77.5 Å². The number of hydrogen-bond donors (Lipinski definition) is 2. The third kappa shape index (κ3) is 9.62. The van der Waals surface area contributed by atoms with Crippen LogP contribution in [0.5, 0.6) is 0 Å². The highest BCUT2D eigenvalue weighted by molar-refractivity contribution is 5.83. The van der Waals surface area contributed by atoms with Crippen molar-refractivity contribution in [3.05, 3.63) is 0 Å². The Hall–Kier alpha value is -2.20. The van der Waals surface area contributed by atoms with Crippen LogP contribution in [0.3, 0.4) is 0 Å². The minimum Gasteiger partial charge on any atom is -0.469 e. The fraction of sp³-hybridized carbons (Fsp3) is 0.733. The summed E-state index contributed by atoms with van der Waals surface area (Å²) in [6.07, 6.45) is 0.219. The lowest BCUT2D eigenvalue weighted by Gasteiger charge is -2.17. The van der Waals surface area contributed by atoms with Gasteiger partial charge in [-0.3, -0.25) is 19.2 Å². The largest absolute Gasteiger partial charge is 0.469 e. The zero-order valence-corrected chi connectivity index (χ0v) is 15.0. The minimum atomic E-state index is -0.816. The molecule has 10 nitrogen and oxygen atoms in total. The molecule has 0 aliphatic carbocycles. The van der Waals surface area contributed by atoms with Crippen molar-refractivity contribution in [2.24, 2.45) is 0 Å². The molecule has 0 aromatic rings. The van der Waals surface area contributed by atoms with Crippen molar-refractivity contribution in [2.75, 3.05) is 41.5 Å². The van der Waals surface area contributed by atoms with Gasteiger partial charge in [-0.25, -0.2) is 0 Å². The molecule has 0 aromatic carbocycles. The average molecular weight is 362 g/mol. The molecule has 144 valence electrons. The van der Waals surface area contributed by atoms with Crippen molar-refractivity contribution in [3.8, 4) is 0 Å². The number of rotatable bonds is 12. The van der Waals surface area contributed by atoms with Crippen molar-refractivity contribution in [3.63, 3.8) is 0 Å². The molecular formula is C15H26N2O8. The average Bonchev–Trinajstić information content (AvgIpc) is 2.63. The Bertz CT molecular complexity index is 415. The molecule has 0 saturated heterocycles. The van der Waals surface area contributed by atoms with Crippen LogP contribution in [0.25, 0.3) is 0 Å². The second-order valence-corrected chi connectivity index (χ2v) is 4.97. The first-order chi connectivity index (χ1) is 11.9. The third-order valence-corrected chi connectivity index (χ3v) is 3.30. The Kier molecular flexibility index (Phi) is 12.0. The van der Waals surface area contributed by atoms with E-state index in [9.17, 15) is 19.2 Å². The number of carbonyl (C=O) groups is 4. The maximum atomic E-state index is 11.6. The van der Waals surface area contributed by atoms with Crippen LogP contribution in [0.15, 0.2) is 0 Å². The highest BCUT2D eigenvalue weighted by Gasteiger charge is 2.24. The Morgan fingerprint density at radius 2 is 1.04 bits per heavy atom. The molecule has 0 bridgehead atoms. The lowest BCUT2D eigenvalue weighted by atomic mass is 10.2. The van der Waals surface area contributed by atoms with Gasteiger partial charge in [0.1, 0.15) is 12.1 Å². The van der Waals surface area contributed by atoms with Gasteiger partial charge in [-0.15, -0.1) is 0 Å². The first-order valence-corrected chi connectivity index (χ1v) is 7.65. The standard InChI is InChI=1S/C15H26N2O8/c1-22-12(18)8-10(14(20)24-3)16-6-5-7-17-11(15(21)25-4)9-13(19)23-2/h10-11,16-17H,5-9H2,1-4H3. The number of nitrogens with one attached hydrogen (secondary N) is 2. The molecule has 0 radical (unpaired) electrons. The van der Waals surface area contributed by atoms with E-state index < -0.39 is 36.0 Å². The molecule has 0 fully saturated rings. The number of carbonyl (C=O) groups excluding carboxylic acids is 4. The molecule has 0 rings (SSSR count). The van der Waals surface area contributed by atoms with Gasteiger partial charge >= 0.3 is 23.9 Å². The number of esters is 4. The monoisotopic (exact) mass is 362 g/mol. The molecule has 0 amide bonds. The highest BCUT2D eigenvalue weighted by Crippen LogP contribution is 1.99. The molecule has 0 aliphatic rings. The summed E-state index contributed by atoms with van der Waals surface area (Å²) in [5.74, 6) is -2.22. The highest BCUT2D eigenvalue weighted by atomic mass is 16.5. The summed E-state index contributed by atoms with van der Waals surface area (Å²) >= 11 is 0. The van der Waals surface area contributed by atoms with Crippen LogP contribution >= 0.6 is 0 Å². The van der Waals surface area contributed by atoms with Gasteiger partial charge in [-0.1, -0.05) is 0 Å². The second kappa shape index (κ2) is 13.1. The van der Waals surface area contributed by atoms with Gasteiger partial charge < -0.3 is 29.6 Å². The van der Waals surface area contributed by atoms with E-state index in [-0.39, 0.29) is 12.8 Å². The van der Waals surface area contributed by atoms with Crippen molar-refractivity contribution in [2.45, 2.75) is 31.3 Å². The number of ether oxygens (including phenoxy) is 4. The maximum absolute atomic E-state index is 11.6. The predicted octanol–water partition coefficient (Wildman–Crippen LogP) is -1.23. The summed E-state index contributed by atoms with van der Waals surface area (Å²) in [5.41, 5.74) is 0. The molecule has 2 atom stereocenters. The summed E-state index contributed by atoms with van der Waals surface area (Å²) in [6.45, 7) is 0.742. The third-order valence-electron chi connectivity index (χ3n) is 3.30. The minimum absolute atomic E-state index is 0.149. The lowest BCUT2D eigenvalue weighted by Crippen LogP contribution is -2.43. The predicted molar refractivity (Wildman–Crippen MR) is 85.5 cm³/mol. The lowest BCUT2D eigenvalue weighted by molar-refractivity contribution is -0.149. The smallest absolute Gasteiger partial charge is 0.323 e. The van der Waals surface area contributed by atoms with Crippen molar-refractivity contribution < 1.29 is 38.1 Å². The van der Waals surface area contributed by atoms with Gasteiger partial charge in [0.15, 0.2) is 0 Å². The van der Waals surface area contributed by atoms with Gasteiger partial charge in [0, 0.05) is 0 Å². The van der Waals surface area contributed by atoms with Gasteiger partial charge in [-0.2, -0.15) is 0 Å². The number of methoxy groups -OCH3 is 4. The van der Waals surface area contributed by atoms with E-state index in [1.54, 1.807) is 0 Å². The molecule has 0 saturated carbocycles. The summed E-state index contributed by atoms with van der Waals surface area (Å²) in [6, 6.07) is -1.63. The molecule has 0 spiro atoms. The van der Waals surface area contributed by atoms with E-state index in [4.69, 9.17) is 0 Å². The zero-order valence-electron chi connectivity index (χ0n) is 15.0. The first kappa shape index (κ1) is 22.8. The Balaban J connectivity index is 4.32. The maximum Gasteiger partial charge on any atom is 0.323 e. The van der Waals surface area contributed by atoms with E-state index >= 15 is 0 Å². The fourth-order valence-corrected chi connectivity index (χ4v) is 1.90. The quantitative estimate of drug-likeness (QED) is 0.247. The Labute approximate surface area is 146 Å². The Morgan fingerprint density at radius 3 is 1.32 bits per heavy atom. The van der Waals surface area contributed by atoms with E-state index in [2.05, 4.69) is 29.6 Å². The van der Waals surface area contributed by atoms with Crippen LogP contribution in [0, 0.1) is 0 Å². The molecule has 10 heteroatoms. The SMILES string of the molecule is COC(=O)CC(NCCCNC(CC(=O)OC)C(=O)OC)C(=O)OC. The van der Waals surface area contributed by atoms with Gasteiger partial charge in [0.2, 0.25) is 0 Å². The second-order valence-electron chi connectivity index (χ2n) is 4.97. The zero-order chi connectivity index (χ0) is 19.2. The van der Waals surface area contributed by atoms with E-state index in [1.165, 1.54) is 28.4 Å². The molecule has 0 aliphatic heterocycles. The van der Waals surface area contributed by atoms with Gasteiger partial charge in [0.25, 0.3) is 0 Å². The molecule has 25 heavy (non-hydrogen) atoms. The van der Waals surface area contributed by atoms with Gasteiger partial charge in [0.05, 0.1) is 41.3 Å². The van der Waals surface area contributed by atoms with Crippen LogP contribution in [0.2, 0.25) is 0 Å². The van der Waals surface area contributed by atoms with Crippen LogP contribution in [0.1, 0.15) is 19.3 Å². The first-order valence-electron chi connectivity index (χ1n) is 7.65. The van der Waals surface area contributed by atoms with Crippen LogP contribution in [0.4, 0.5) is 0 Å². The molecular weight excluding hydrogens is 336 g/mol. The van der Waals surface area contributed by atoms with E-state index in [0.717, 1.165) is 0 Å². The van der Waals surface area contributed by atoms with E-state index in [0.29, 0.717) is 19.5 Å². The Morgan fingerprint density at radius 1 is 0.680 bits per heavy atom. The van der Waals surface area contributed by atoms with E-state index in [1.807, 2.05) is 0 Å². The topological polar surface area (TPSA) is 129 Å². The molecule has 0 heterocycles. The molecule has 2 unspecified atom stereocenters. The van der Waals surface area contributed by atoms with Gasteiger partial charge in [-0.05, 0) is 19.5 Å². The summed E-state index contributed by atoms with van der Waals surface area (Å²) in [4.78, 5) is 45.8. The summed E-state index contributed by atoms with van der Waals surface area (Å²) in [7, 11) is 4.91. The van der Waals surface area contributed by atoms with Crippen molar-refractivity contribution in [1.82, 2.24) is 10.6 Å². The van der Waals surface area contributed by atoms with Crippen LogP contribution < -0.4 is 10.6 Å². The summed E-state index contributed by atoms with van der Waals surface area (Å²) < 4.78 is 18.3. The molecule has 0 aromatic heterocycles.